The maximum atomic E-state index is 10.7. The van der Waals surface area contributed by atoms with Crippen LogP contribution in [0.15, 0.2) is 12.7 Å². The van der Waals surface area contributed by atoms with Crippen molar-refractivity contribution in [2.45, 2.75) is 24.5 Å². The number of phosphoric ester groups is 1. The molecule has 130 valence electrons. The first-order valence-electron chi connectivity index (χ1n) is 6.42. The quantitative estimate of drug-likeness (QED) is 0.260. The Labute approximate surface area is 185 Å². The molecule has 1 aliphatic heterocycles. The van der Waals surface area contributed by atoms with Crippen molar-refractivity contribution in [3.05, 3.63) is 12.7 Å². The molecule has 6 N–H and O–H groups in total. The molecule has 1 aliphatic rings. The van der Waals surface area contributed by atoms with Gasteiger partial charge in [-0.05, 0) is 0 Å². The van der Waals surface area contributed by atoms with E-state index < -0.39 is 39.0 Å². The number of hydrogen-bond acceptors (Lipinski definition) is 9. The van der Waals surface area contributed by atoms with Crippen molar-refractivity contribution in [1.82, 2.24) is 19.5 Å². The molecule has 0 radical (unpaired) electrons. The first kappa shape index (κ1) is 23.4. The van der Waals surface area contributed by atoms with E-state index in [0.29, 0.717) is 5.52 Å². The Bertz CT molecular complexity index is 773. The molecule has 0 aliphatic carbocycles. The number of ether oxygens (including phenoxy) is 1. The zero-order chi connectivity index (χ0) is 16.8. The topological polar surface area (TPSA) is 186 Å². The Morgan fingerprint density at radius 1 is 1.24 bits per heavy atom. The SMILES string of the molecule is Nc1ncnc2c1ncn2[C@@H]1O[C@H](COP(=O)(O)O)[C@@H](O)[C@H]1O.[NaH].[NaH]. The Kier molecular flexibility index (Phi) is 8.44. The number of anilines is 1. The first-order chi connectivity index (χ1) is 10.8. The van der Waals surface area contributed by atoms with Gasteiger partial charge in [-0.2, -0.15) is 0 Å². The fraction of sp³-hybridized carbons (Fsp3) is 0.500. The summed E-state index contributed by atoms with van der Waals surface area (Å²) in [6, 6.07) is 0. The van der Waals surface area contributed by atoms with Crippen LogP contribution in [0.2, 0.25) is 0 Å². The zero-order valence-corrected chi connectivity index (χ0v) is 12.4. The Hall–Kier alpha value is 0.340. The minimum absolute atomic E-state index is 0. The van der Waals surface area contributed by atoms with Crippen LogP contribution in [0.5, 0.6) is 0 Å². The summed E-state index contributed by atoms with van der Waals surface area (Å²) in [5.74, 6) is 0.142. The molecule has 3 rings (SSSR count). The van der Waals surface area contributed by atoms with Gasteiger partial charge in [0.1, 0.15) is 30.2 Å². The molecule has 1 fully saturated rings. The van der Waals surface area contributed by atoms with Crippen molar-refractivity contribution >= 4 is 83.9 Å². The number of rotatable bonds is 4. The number of aromatic nitrogens is 4. The second-order valence-corrected chi connectivity index (χ2v) is 6.15. The van der Waals surface area contributed by atoms with Gasteiger partial charge in [-0.15, -0.1) is 0 Å². The minimum atomic E-state index is -4.72. The van der Waals surface area contributed by atoms with Crippen LogP contribution < -0.4 is 5.73 Å². The number of phosphoric acid groups is 1. The standard InChI is InChI=1S/C10H14N5O7P.2Na.2H/c11-8-5-9(13-2-12-8)15(3-14-5)10-7(17)6(16)4(22-10)1-21-23(18,19)20;;;;/h2-4,6-7,10,16-17H,1H2,(H2,11,12,13)(H2,18,19,20);;;;/t4-,6-,7-,10-;;;;/m1..../s1. The van der Waals surface area contributed by atoms with E-state index in [1.54, 1.807) is 0 Å². The van der Waals surface area contributed by atoms with Crippen molar-refractivity contribution in [2.24, 2.45) is 0 Å². The third kappa shape index (κ3) is 4.99. The number of hydrogen-bond donors (Lipinski definition) is 5. The normalized spacial score (nSPS) is 26.2. The van der Waals surface area contributed by atoms with Crippen molar-refractivity contribution in [3.8, 4) is 0 Å². The van der Waals surface area contributed by atoms with Gasteiger partial charge in [0.2, 0.25) is 0 Å². The Balaban J connectivity index is 0.00000156. The Morgan fingerprint density at radius 3 is 2.56 bits per heavy atom. The molecule has 2 aromatic rings. The van der Waals surface area contributed by atoms with Gasteiger partial charge in [-0.25, -0.2) is 19.5 Å². The molecule has 12 nitrogen and oxygen atoms in total. The van der Waals surface area contributed by atoms with Crippen LogP contribution in [0.25, 0.3) is 11.2 Å². The molecule has 3 heterocycles. The van der Waals surface area contributed by atoms with E-state index >= 15 is 0 Å². The van der Waals surface area contributed by atoms with Crippen molar-refractivity contribution in [2.75, 3.05) is 12.3 Å². The third-order valence-corrected chi connectivity index (χ3v) is 3.89. The van der Waals surface area contributed by atoms with Crippen LogP contribution in [-0.4, -0.2) is 124 Å². The van der Waals surface area contributed by atoms with Crippen LogP contribution >= 0.6 is 7.82 Å². The average Bonchev–Trinajstić information content (AvgIpc) is 3.01. The number of fused-ring (bicyclic) bond motifs is 1. The summed E-state index contributed by atoms with van der Waals surface area (Å²) in [5.41, 5.74) is 6.25. The van der Waals surface area contributed by atoms with Crippen molar-refractivity contribution in [1.29, 1.82) is 0 Å². The molecule has 25 heavy (non-hydrogen) atoms. The van der Waals surface area contributed by atoms with Gasteiger partial charge in [0.05, 0.1) is 12.9 Å². The third-order valence-electron chi connectivity index (χ3n) is 3.41. The van der Waals surface area contributed by atoms with Gasteiger partial charge >= 0.3 is 66.9 Å². The van der Waals surface area contributed by atoms with E-state index in [1.165, 1.54) is 17.2 Å². The molecule has 4 atom stereocenters. The number of nitrogens with two attached hydrogens (primary N) is 1. The second kappa shape index (κ2) is 9.02. The summed E-state index contributed by atoms with van der Waals surface area (Å²) >= 11 is 0. The number of imidazole rings is 1. The van der Waals surface area contributed by atoms with Gasteiger partial charge < -0.3 is 30.5 Å². The predicted molar refractivity (Wildman–Crippen MR) is 88.0 cm³/mol. The van der Waals surface area contributed by atoms with Gasteiger partial charge in [-0.3, -0.25) is 9.09 Å². The van der Waals surface area contributed by atoms with Gasteiger partial charge in [0.25, 0.3) is 0 Å². The van der Waals surface area contributed by atoms with E-state index in [9.17, 15) is 14.8 Å². The number of aliphatic hydroxyl groups is 2. The summed E-state index contributed by atoms with van der Waals surface area (Å²) in [5, 5.41) is 20.1. The van der Waals surface area contributed by atoms with E-state index in [-0.39, 0.29) is 70.6 Å². The molecule has 15 heteroatoms. The van der Waals surface area contributed by atoms with Crippen molar-refractivity contribution in [3.63, 3.8) is 0 Å². The molecule has 0 unspecified atom stereocenters. The molecule has 1 saturated heterocycles. The van der Waals surface area contributed by atoms with E-state index in [0.717, 1.165) is 0 Å². The van der Waals surface area contributed by atoms with Crippen LogP contribution in [0, 0.1) is 0 Å². The Morgan fingerprint density at radius 2 is 1.92 bits per heavy atom. The summed E-state index contributed by atoms with van der Waals surface area (Å²) in [7, 11) is -4.72. The first-order valence-corrected chi connectivity index (χ1v) is 7.95. The fourth-order valence-electron chi connectivity index (χ4n) is 2.32. The second-order valence-electron chi connectivity index (χ2n) is 4.92. The molecular formula is C10H16N5Na2O7P. The summed E-state index contributed by atoms with van der Waals surface area (Å²) in [4.78, 5) is 29.2. The van der Waals surface area contributed by atoms with Crippen LogP contribution in [0.1, 0.15) is 6.23 Å². The van der Waals surface area contributed by atoms with E-state index in [4.69, 9.17) is 20.3 Å². The van der Waals surface area contributed by atoms with E-state index in [1.807, 2.05) is 0 Å². The molecule has 0 amide bonds. The van der Waals surface area contributed by atoms with Crippen LogP contribution in [-0.2, 0) is 13.8 Å². The summed E-state index contributed by atoms with van der Waals surface area (Å²) in [6.45, 7) is -0.594. The summed E-state index contributed by atoms with van der Waals surface area (Å²) in [6.07, 6.45) is -2.49. The zero-order valence-electron chi connectivity index (χ0n) is 11.5. The van der Waals surface area contributed by atoms with Crippen LogP contribution in [0.3, 0.4) is 0 Å². The number of nitrogens with zero attached hydrogens (tertiary/aromatic N) is 4. The summed E-state index contributed by atoms with van der Waals surface area (Å²) < 4.78 is 21.8. The molecular weight excluding hydrogens is 379 g/mol. The van der Waals surface area contributed by atoms with Gasteiger partial charge in [0.15, 0.2) is 17.7 Å². The molecule has 0 spiro atoms. The van der Waals surface area contributed by atoms with Crippen LogP contribution in [0.4, 0.5) is 5.82 Å². The number of aliphatic hydroxyl groups excluding tert-OH is 2. The fourth-order valence-corrected chi connectivity index (χ4v) is 2.66. The van der Waals surface area contributed by atoms with E-state index in [2.05, 4.69) is 19.5 Å². The maximum absolute atomic E-state index is 10.7. The molecule has 0 aromatic carbocycles. The number of nitrogen functional groups attached to an aromatic ring is 1. The monoisotopic (exact) mass is 395 g/mol. The van der Waals surface area contributed by atoms with Gasteiger partial charge in [0, 0.05) is 0 Å². The average molecular weight is 395 g/mol. The molecule has 2 aromatic heterocycles. The molecule has 0 saturated carbocycles. The predicted octanol–water partition coefficient (Wildman–Crippen LogP) is -3.16. The molecule has 0 bridgehead atoms. The van der Waals surface area contributed by atoms with Gasteiger partial charge in [-0.1, -0.05) is 0 Å². The van der Waals surface area contributed by atoms with Crippen molar-refractivity contribution < 1.29 is 33.8 Å².